The highest BCUT2D eigenvalue weighted by molar-refractivity contribution is 7.23. The van der Waals surface area contributed by atoms with Crippen molar-refractivity contribution in [1.29, 1.82) is 0 Å². The SMILES string of the molecule is CN(C)c1nc(-c2cc3ccccc3s2)c2sccc2n1. The van der Waals surface area contributed by atoms with Gasteiger partial charge in [-0.2, -0.15) is 0 Å². The molecule has 4 rings (SSSR count). The topological polar surface area (TPSA) is 29.0 Å². The smallest absolute Gasteiger partial charge is 0.226 e. The number of rotatable bonds is 2. The first kappa shape index (κ1) is 12.7. The van der Waals surface area contributed by atoms with Crippen LogP contribution in [-0.2, 0) is 0 Å². The molecule has 21 heavy (non-hydrogen) atoms. The lowest BCUT2D eigenvalue weighted by Gasteiger charge is -2.11. The Hall–Kier alpha value is -1.98. The van der Waals surface area contributed by atoms with Crippen LogP contribution in [0.1, 0.15) is 0 Å². The largest absolute Gasteiger partial charge is 0.347 e. The maximum absolute atomic E-state index is 4.77. The number of aromatic nitrogens is 2. The Morgan fingerprint density at radius 3 is 2.71 bits per heavy atom. The number of benzene rings is 1. The molecule has 3 nitrogen and oxygen atoms in total. The molecule has 0 spiro atoms. The Morgan fingerprint density at radius 1 is 1.05 bits per heavy atom. The Kier molecular flexibility index (Phi) is 2.90. The van der Waals surface area contributed by atoms with Gasteiger partial charge in [-0.3, -0.25) is 0 Å². The van der Waals surface area contributed by atoms with Gasteiger partial charge in [-0.05, 0) is 29.0 Å². The van der Waals surface area contributed by atoms with Crippen LogP contribution in [0.3, 0.4) is 0 Å². The first-order valence-corrected chi connectivity index (χ1v) is 8.33. The van der Waals surface area contributed by atoms with Crippen molar-refractivity contribution in [3.8, 4) is 10.6 Å². The summed E-state index contributed by atoms with van der Waals surface area (Å²) in [5, 5.41) is 3.35. The first-order valence-electron chi connectivity index (χ1n) is 6.64. The lowest BCUT2D eigenvalue weighted by Crippen LogP contribution is -2.12. The number of nitrogens with zero attached hydrogens (tertiary/aromatic N) is 3. The third-order valence-electron chi connectivity index (χ3n) is 3.35. The standard InChI is InChI=1S/C16H13N3S2/c1-19(2)16-17-11-7-8-20-15(11)14(18-16)13-9-10-5-3-4-6-12(10)21-13/h3-9H,1-2H3. The summed E-state index contributed by atoms with van der Waals surface area (Å²) in [5.74, 6) is 0.758. The van der Waals surface area contributed by atoms with Crippen molar-refractivity contribution in [2.24, 2.45) is 0 Å². The molecule has 5 heteroatoms. The fourth-order valence-corrected chi connectivity index (χ4v) is 4.27. The van der Waals surface area contributed by atoms with Gasteiger partial charge in [0.25, 0.3) is 0 Å². The van der Waals surface area contributed by atoms with Crippen molar-refractivity contribution in [3.63, 3.8) is 0 Å². The molecule has 3 heterocycles. The molecule has 4 aromatic rings. The summed E-state index contributed by atoms with van der Waals surface area (Å²) < 4.78 is 2.45. The van der Waals surface area contributed by atoms with E-state index in [1.54, 1.807) is 22.7 Å². The number of thiophene rings is 2. The lowest BCUT2D eigenvalue weighted by atomic mass is 10.2. The second-order valence-corrected chi connectivity index (χ2v) is 7.05. The highest BCUT2D eigenvalue weighted by Crippen LogP contribution is 2.38. The number of hydrogen-bond acceptors (Lipinski definition) is 5. The second kappa shape index (κ2) is 4.79. The maximum atomic E-state index is 4.77. The van der Waals surface area contributed by atoms with Crippen molar-refractivity contribution < 1.29 is 0 Å². The molecule has 0 aliphatic heterocycles. The van der Waals surface area contributed by atoms with E-state index in [0.717, 1.165) is 21.9 Å². The highest BCUT2D eigenvalue weighted by Gasteiger charge is 2.14. The minimum absolute atomic E-state index is 0.758. The molecule has 0 radical (unpaired) electrons. The molecule has 0 saturated carbocycles. The summed E-state index contributed by atoms with van der Waals surface area (Å²) in [6.45, 7) is 0. The number of fused-ring (bicyclic) bond motifs is 2. The van der Waals surface area contributed by atoms with E-state index in [-0.39, 0.29) is 0 Å². The van der Waals surface area contributed by atoms with Crippen molar-refractivity contribution in [3.05, 3.63) is 41.8 Å². The van der Waals surface area contributed by atoms with Gasteiger partial charge in [0.2, 0.25) is 5.95 Å². The van der Waals surface area contributed by atoms with Gasteiger partial charge in [-0.15, -0.1) is 22.7 Å². The van der Waals surface area contributed by atoms with E-state index >= 15 is 0 Å². The van der Waals surface area contributed by atoms with Crippen molar-refractivity contribution in [1.82, 2.24) is 9.97 Å². The third kappa shape index (κ3) is 2.09. The van der Waals surface area contributed by atoms with Crippen LogP contribution < -0.4 is 4.90 Å². The molecule has 0 aliphatic carbocycles. The van der Waals surface area contributed by atoms with E-state index in [4.69, 9.17) is 4.98 Å². The average Bonchev–Trinajstić information content (AvgIpc) is 3.12. The highest BCUT2D eigenvalue weighted by atomic mass is 32.1. The molecule has 3 aromatic heterocycles. The quantitative estimate of drug-likeness (QED) is 0.540. The van der Waals surface area contributed by atoms with Crippen molar-refractivity contribution in [2.75, 3.05) is 19.0 Å². The van der Waals surface area contributed by atoms with Crippen LogP contribution in [-0.4, -0.2) is 24.1 Å². The molecule has 0 N–H and O–H groups in total. The van der Waals surface area contributed by atoms with Crippen LogP contribution in [0.25, 0.3) is 30.9 Å². The van der Waals surface area contributed by atoms with Gasteiger partial charge >= 0.3 is 0 Å². The van der Waals surface area contributed by atoms with Gasteiger partial charge in [0, 0.05) is 18.8 Å². The van der Waals surface area contributed by atoms with Crippen LogP contribution in [0, 0.1) is 0 Å². The van der Waals surface area contributed by atoms with Gasteiger partial charge in [-0.25, -0.2) is 9.97 Å². The average molecular weight is 311 g/mol. The Labute approximate surface area is 130 Å². The molecule has 0 aliphatic rings. The second-order valence-electron chi connectivity index (χ2n) is 5.05. The molecule has 0 fully saturated rings. The van der Waals surface area contributed by atoms with Gasteiger partial charge < -0.3 is 4.90 Å². The van der Waals surface area contributed by atoms with Crippen LogP contribution in [0.2, 0.25) is 0 Å². The summed E-state index contributed by atoms with van der Waals surface area (Å²) >= 11 is 3.49. The molecular weight excluding hydrogens is 298 g/mol. The molecular formula is C16H13N3S2. The number of hydrogen-bond donors (Lipinski definition) is 0. The molecule has 0 saturated heterocycles. The minimum atomic E-state index is 0.758. The predicted molar refractivity (Wildman–Crippen MR) is 92.6 cm³/mol. The van der Waals surface area contributed by atoms with E-state index in [9.17, 15) is 0 Å². The Morgan fingerprint density at radius 2 is 1.90 bits per heavy atom. The first-order chi connectivity index (χ1) is 10.2. The van der Waals surface area contributed by atoms with Crippen molar-refractivity contribution in [2.45, 2.75) is 0 Å². The minimum Gasteiger partial charge on any atom is -0.347 e. The van der Waals surface area contributed by atoms with Gasteiger partial charge in [0.1, 0.15) is 5.69 Å². The Bertz CT molecular complexity index is 904. The Balaban J connectivity index is 2.01. The fraction of sp³-hybridized carbons (Fsp3) is 0.125. The number of anilines is 1. The lowest BCUT2D eigenvalue weighted by molar-refractivity contribution is 1.02. The van der Waals surface area contributed by atoms with Crippen molar-refractivity contribution >= 4 is 48.9 Å². The molecule has 0 atom stereocenters. The molecule has 104 valence electrons. The summed E-state index contributed by atoms with van der Waals surface area (Å²) in [6, 6.07) is 12.7. The monoisotopic (exact) mass is 311 g/mol. The molecule has 0 unspecified atom stereocenters. The predicted octanol–water partition coefficient (Wildman–Crippen LogP) is 4.64. The zero-order chi connectivity index (χ0) is 14.4. The summed E-state index contributed by atoms with van der Waals surface area (Å²) in [5.41, 5.74) is 2.06. The van der Waals surface area contributed by atoms with E-state index in [1.165, 1.54) is 15.0 Å². The maximum Gasteiger partial charge on any atom is 0.226 e. The van der Waals surface area contributed by atoms with E-state index in [1.807, 2.05) is 19.0 Å². The zero-order valence-corrected chi connectivity index (χ0v) is 13.3. The molecule has 0 bridgehead atoms. The summed E-state index contributed by atoms with van der Waals surface area (Å²) in [4.78, 5) is 12.5. The normalized spacial score (nSPS) is 11.3. The van der Waals surface area contributed by atoms with Gasteiger partial charge in [0.15, 0.2) is 0 Å². The van der Waals surface area contributed by atoms with Gasteiger partial charge in [-0.1, -0.05) is 18.2 Å². The fourth-order valence-electron chi connectivity index (χ4n) is 2.32. The van der Waals surface area contributed by atoms with Crippen LogP contribution in [0.4, 0.5) is 5.95 Å². The van der Waals surface area contributed by atoms with Crippen LogP contribution in [0.5, 0.6) is 0 Å². The van der Waals surface area contributed by atoms with Crippen LogP contribution >= 0.6 is 22.7 Å². The van der Waals surface area contributed by atoms with E-state index in [0.29, 0.717) is 0 Å². The van der Waals surface area contributed by atoms with E-state index in [2.05, 4.69) is 46.8 Å². The molecule has 1 aromatic carbocycles. The summed E-state index contributed by atoms with van der Waals surface area (Å²) in [7, 11) is 3.95. The third-order valence-corrected chi connectivity index (χ3v) is 5.38. The summed E-state index contributed by atoms with van der Waals surface area (Å²) in [6.07, 6.45) is 0. The zero-order valence-electron chi connectivity index (χ0n) is 11.7. The van der Waals surface area contributed by atoms with Gasteiger partial charge in [0.05, 0.1) is 15.1 Å². The van der Waals surface area contributed by atoms with Crippen LogP contribution in [0.15, 0.2) is 41.8 Å². The molecule has 0 amide bonds. The van der Waals surface area contributed by atoms with E-state index < -0.39 is 0 Å².